The van der Waals surface area contributed by atoms with Crippen LogP contribution in [0.1, 0.15) is 23.2 Å². The molecule has 1 aromatic heterocycles. The highest BCUT2D eigenvalue weighted by Gasteiger charge is 2.09. The molecule has 24 heavy (non-hydrogen) atoms. The Morgan fingerprint density at radius 2 is 1.50 bits per heavy atom. The Bertz CT molecular complexity index is 845. The van der Waals surface area contributed by atoms with Gasteiger partial charge in [0.15, 0.2) is 0 Å². The zero-order chi connectivity index (χ0) is 16.8. The minimum Gasteiger partial charge on any atom is -0.294 e. The molecule has 0 fully saturated rings. The van der Waals surface area contributed by atoms with E-state index in [1.54, 1.807) is 10.9 Å². The predicted octanol–water partition coefficient (Wildman–Crippen LogP) is 4.23. The van der Waals surface area contributed by atoms with E-state index in [4.69, 9.17) is 0 Å². The third-order valence-electron chi connectivity index (χ3n) is 3.97. The second-order valence-electron chi connectivity index (χ2n) is 5.76. The lowest BCUT2D eigenvalue weighted by molar-refractivity contribution is 0.704. The molecule has 4 heteroatoms. The number of aromatic nitrogens is 2. The van der Waals surface area contributed by atoms with Crippen molar-refractivity contribution in [1.82, 2.24) is 9.55 Å². The fourth-order valence-corrected chi connectivity index (χ4v) is 3.20. The lowest BCUT2D eigenvalue weighted by Gasteiger charge is -2.09. The molecule has 1 heterocycles. The van der Waals surface area contributed by atoms with Crippen LogP contribution in [0.3, 0.4) is 0 Å². The molecule has 0 saturated carbocycles. The van der Waals surface area contributed by atoms with Crippen molar-refractivity contribution in [3.05, 3.63) is 98.6 Å². The fraction of sp³-hybridized carbons (Fsp3) is 0.200. The van der Waals surface area contributed by atoms with Gasteiger partial charge in [0.1, 0.15) is 4.47 Å². The van der Waals surface area contributed by atoms with Gasteiger partial charge >= 0.3 is 0 Å². The third kappa shape index (κ3) is 4.20. The molecule has 0 unspecified atom stereocenters. The molecule has 0 saturated heterocycles. The Balaban J connectivity index is 1.67. The summed E-state index contributed by atoms with van der Waals surface area (Å²) >= 11 is 3.44. The molecular weight excluding hydrogens is 364 g/mol. The van der Waals surface area contributed by atoms with Crippen LogP contribution in [-0.4, -0.2) is 9.55 Å². The largest absolute Gasteiger partial charge is 0.294 e. The zero-order valence-electron chi connectivity index (χ0n) is 13.4. The standard InChI is InChI=1S/C20H19BrN2O/c21-19-18(13-7-12-16-8-3-1-4-9-16)22-15-23(20(19)24)14-17-10-5-2-6-11-17/h1-6,8-11,15H,7,12-14H2. The second kappa shape index (κ2) is 8.06. The summed E-state index contributed by atoms with van der Waals surface area (Å²) in [5.74, 6) is 0. The van der Waals surface area contributed by atoms with Crippen LogP contribution in [0.15, 0.2) is 76.3 Å². The van der Waals surface area contributed by atoms with Gasteiger partial charge in [0.2, 0.25) is 0 Å². The van der Waals surface area contributed by atoms with Crippen LogP contribution in [0.4, 0.5) is 0 Å². The van der Waals surface area contributed by atoms with Crippen LogP contribution in [0.25, 0.3) is 0 Å². The maximum absolute atomic E-state index is 12.5. The Hall–Kier alpha value is -2.20. The summed E-state index contributed by atoms with van der Waals surface area (Å²) in [4.78, 5) is 17.0. The van der Waals surface area contributed by atoms with Crippen molar-refractivity contribution >= 4 is 15.9 Å². The first-order valence-electron chi connectivity index (χ1n) is 8.05. The van der Waals surface area contributed by atoms with E-state index < -0.39 is 0 Å². The van der Waals surface area contributed by atoms with Crippen molar-refractivity contribution in [2.75, 3.05) is 0 Å². The first kappa shape index (κ1) is 16.7. The quantitative estimate of drug-likeness (QED) is 0.639. The minimum absolute atomic E-state index is 0.0245. The number of nitrogens with zero attached hydrogens (tertiary/aromatic N) is 2. The lowest BCUT2D eigenvalue weighted by Crippen LogP contribution is -2.23. The molecule has 0 atom stereocenters. The van der Waals surface area contributed by atoms with E-state index in [0.717, 1.165) is 30.5 Å². The normalized spacial score (nSPS) is 10.7. The molecular formula is C20H19BrN2O. The number of rotatable bonds is 6. The van der Waals surface area contributed by atoms with Gasteiger partial charge in [0.05, 0.1) is 18.6 Å². The van der Waals surface area contributed by atoms with Gasteiger partial charge in [-0.05, 0) is 46.3 Å². The van der Waals surface area contributed by atoms with Gasteiger partial charge in [-0.2, -0.15) is 0 Å². The van der Waals surface area contributed by atoms with Gasteiger partial charge < -0.3 is 0 Å². The van der Waals surface area contributed by atoms with E-state index in [1.165, 1.54) is 5.56 Å². The molecule has 0 radical (unpaired) electrons. The Morgan fingerprint density at radius 3 is 2.17 bits per heavy atom. The van der Waals surface area contributed by atoms with Crippen molar-refractivity contribution in [3.8, 4) is 0 Å². The number of hydrogen-bond acceptors (Lipinski definition) is 2. The number of aryl methyl sites for hydroxylation is 2. The average molecular weight is 383 g/mol. The van der Waals surface area contributed by atoms with E-state index in [2.05, 4.69) is 33.0 Å². The summed E-state index contributed by atoms with van der Waals surface area (Å²) < 4.78 is 2.22. The first-order chi connectivity index (χ1) is 11.7. The summed E-state index contributed by atoms with van der Waals surface area (Å²) in [6.45, 7) is 0.537. The molecule has 0 bridgehead atoms. The highest BCUT2D eigenvalue weighted by Crippen LogP contribution is 2.13. The van der Waals surface area contributed by atoms with Crippen LogP contribution >= 0.6 is 15.9 Å². The van der Waals surface area contributed by atoms with Gasteiger partial charge in [-0.15, -0.1) is 0 Å². The van der Waals surface area contributed by atoms with Gasteiger partial charge in [0, 0.05) is 0 Å². The first-order valence-corrected chi connectivity index (χ1v) is 8.85. The molecule has 3 rings (SSSR count). The second-order valence-corrected chi connectivity index (χ2v) is 6.56. The van der Waals surface area contributed by atoms with Gasteiger partial charge in [-0.1, -0.05) is 60.7 Å². The Labute approximate surface area is 150 Å². The minimum atomic E-state index is -0.0245. The Morgan fingerprint density at radius 1 is 0.875 bits per heavy atom. The molecule has 0 amide bonds. The van der Waals surface area contributed by atoms with Gasteiger partial charge in [-0.3, -0.25) is 9.36 Å². The SMILES string of the molecule is O=c1c(Br)c(CCCc2ccccc2)ncn1Cc1ccccc1. The van der Waals surface area contributed by atoms with Crippen LogP contribution in [-0.2, 0) is 19.4 Å². The van der Waals surface area contributed by atoms with E-state index in [1.807, 2.05) is 48.5 Å². The molecule has 122 valence electrons. The van der Waals surface area contributed by atoms with E-state index >= 15 is 0 Å². The van der Waals surface area contributed by atoms with Crippen LogP contribution in [0.2, 0.25) is 0 Å². The molecule has 0 aliphatic heterocycles. The van der Waals surface area contributed by atoms with E-state index in [-0.39, 0.29) is 5.56 Å². The molecule has 0 aliphatic carbocycles. The maximum atomic E-state index is 12.5. The summed E-state index contributed by atoms with van der Waals surface area (Å²) in [5, 5.41) is 0. The highest BCUT2D eigenvalue weighted by molar-refractivity contribution is 9.10. The van der Waals surface area contributed by atoms with Crippen molar-refractivity contribution in [2.24, 2.45) is 0 Å². The number of benzene rings is 2. The Kier molecular flexibility index (Phi) is 5.59. The zero-order valence-corrected chi connectivity index (χ0v) is 14.9. The summed E-state index contributed by atoms with van der Waals surface area (Å²) in [7, 11) is 0. The van der Waals surface area contributed by atoms with Crippen LogP contribution in [0.5, 0.6) is 0 Å². The summed E-state index contributed by atoms with van der Waals surface area (Å²) in [6.07, 6.45) is 4.40. The maximum Gasteiger partial charge on any atom is 0.268 e. The highest BCUT2D eigenvalue weighted by atomic mass is 79.9. The van der Waals surface area contributed by atoms with Crippen molar-refractivity contribution in [1.29, 1.82) is 0 Å². The topological polar surface area (TPSA) is 34.9 Å². The number of hydrogen-bond donors (Lipinski definition) is 0. The van der Waals surface area contributed by atoms with Crippen molar-refractivity contribution in [2.45, 2.75) is 25.8 Å². The van der Waals surface area contributed by atoms with Gasteiger partial charge in [-0.25, -0.2) is 4.98 Å². The monoisotopic (exact) mass is 382 g/mol. The van der Waals surface area contributed by atoms with E-state index in [9.17, 15) is 4.79 Å². The number of halogens is 1. The molecule has 3 nitrogen and oxygen atoms in total. The average Bonchev–Trinajstić information content (AvgIpc) is 2.63. The third-order valence-corrected chi connectivity index (χ3v) is 4.77. The van der Waals surface area contributed by atoms with Crippen molar-refractivity contribution < 1.29 is 0 Å². The smallest absolute Gasteiger partial charge is 0.268 e. The van der Waals surface area contributed by atoms with Crippen LogP contribution < -0.4 is 5.56 Å². The molecule has 2 aromatic carbocycles. The van der Waals surface area contributed by atoms with Crippen LogP contribution in [0, 0.1) is 0 Å². The molecule has 0 N–H and O–H groups in total. The lowest BCUT2D eigenvalue weighted by atomic mass is 10.1. The molecule has 0 spiro atoms. The van der Waals surface area contributed by atoms with Crippen molar-refractivity contribution in [3.63, 3.8) is 0 Å². The molecule has 3 aromatic rings. The molecule has 0 aliphatic rings. The fourth-order valence-electron chi connectivity index (χ4n) is 2.67. The van der Waals surface area contributed by atoms with E-state index in [0.29, 0.717) is 11.0 Å². The summed E-state index contributed by atoms with van der Waals surface area (Å²) in [6, 6.07) is 20.3. The van der Waals surface area contributed by atoms with Gasteiger partial charge in [0.25, 0.3) is 5.56 Å². The predicted molar refractivity (Wildman–Crippen MR) is 100 cm³/mol. The summed E-state index contributed by atoms with van der Waals surface area (Å²) in [5.41, 5.74) is 3.21.